The third-order valence-corrected chi connectivity index (χ3v) is 4.21. The second kappa shape index (κ2) is 8.06. The third kappa shape index (κ3) is 3.90. The van der Waals surface area contributed by atoms with Crippen LogP contribution in [-0.2, 0) is 4.74 Å². The van der Waals surface area contributed by atoms with E-state index in [-0.39, 0.29) is 12.6 Å². The monoisotopic (exact) mass is 356 g/mol. The van der Waals surface area contributed by atoms with E-state index in [1.54, 1.807) is 41.3 Å². The van der Waals surface area contributed by atoms with Gasteiger partial charge in [-0.05, 0) is 49.4 Å². The highest BCUT2D eigenvalue weighted by Crippen LogP contribution is 2.30. The van der Waals surface area contributed by atoms with Gasteiger partial charge in [0, 0.05) is 5.69 Å². The molecule has 0 radical (unpaired) electrons. The van der Waals surface area contributed by atoms with E-state index in [4.69, 9.17) is 14.7 Å². The molecule has 6 heteroatoms. The lowest BCUT2D eigenvalue weighted by molar-refractivity contribution is 0.135. The zero-order valence-corrected chi connectivity index (χ0v) is 14.7. The number of nitrogens with zero attached hydrogens (tertiary/aromatic N) is 4. The molecule has 27 heavy (non-hydrogen) atoms. The van der Waals surface area contributed by atoms with Crippen molar-refractivity contribution in [1.29, 1.82) is 15.8 Å². The van der Waals surface area contributed by atoms with Crippen molar-refractivity contribution in [2.24, 2.45) is 0 Å². The molecule has 0 aromatic heterocycles. The van der Waals surface area contributed by atoms with Crippen molar-refractivity contribution in [2.75, 3.05) is 18.1 Å². The summed E-state index contributed by atoms with van der Waals surface area (Å²) in [6.45, 7) is 2.23. The van der Waals surface area contributed by atoms with Crippen molar-refractivity contribution in [3.8, 4) is 29.7 Å². The molecule has 3 rings (SSSR count). The summed E-state index contributed by atoms with van der Waals surface area (Å²) < 4.78 is 11.3. The second-order valence-electron chi connectivity index (χ2n) is 5.91. The maximum Gasteiger partial charge on any atom is 0.128 e. The lowest BCUT2D eigenvalue weighted by atomic mass is 10.1. The van der Waals surface area contributed by atoms with Gasteiger partial charge >= 0.3 is 0 Å². The molecule has 1 unspecified atom stereocenters. The summed E-state index contributed by atoms with van der Waals surface area (Å²) in [5.74, 6) is 1.18. The smallest absolute Gasteiger partial charge is 0.128 e. The molecule has 0 N–H and O–H groups in total. The molecule has 1 atom stereocenters. The molecule has 1 aliphatic heterocycles. The normalized spacial score (nSPS) is 15.6. The van der Waals surface area contributed by atoms with Crippen molar-refractivity contribution >= 4 is 5.69 Å². The molecule has 2 aromatic carbocycles. The summed E-state index contributed by atoms with van der Waals surface area (Å²) in [6.07, 6.45) is -0.277. The molecule has 0 spiro atoms. The SMILES string of the molecule is CC1OCC(N(CC#N)c2ccc(Oc3cccc(C#N)c3)cc2)=C1C#N. The molecule has 0 saturated carbocycles. The predicted molar refractivity (Wildman–Crippen MR) is 98.7 cm³/mol. The van der Waals surface area contributed by atoms with Crippen LogP contribution in [0, 0.1) is 34.0 Å². The highest BCUT2D eigenvalue weighted by Gasteiger charge is 2.27. The summed E-state index contributed by atoms with van der Waals surface area (Å²) in [7, 11) is 0. The van der Waals surface area contributed by atoms with E-state index in [1.807, 2.05) is 19.1 Å². The Morgan fingerprint density at radius 1 is 1.07 bits per heavy atom. The first kappa shape index (κ1) is 18.0. The fourth-order valence-corrected chi connectivity index (χ4v) is 2.85. The number of rotatable bonds is 5. The van der Waals surface area contributed by atoms with Crippen molar-refractivity contribution in [2.45, 2.75) is 13.0 Å². The van der Waals surface area contributed by atoms with E-state index in [2.05, 4.69) is 18.2 Å². The van der Waals surface area contributed by atoms with E-state index < -0.39 is 0 Å². The van der Waals surface area contributed by atoms with Crippen LogP contribution in [0.5, 0.6) is 11.5 Å². The molecule has 0 saturated heterocycles. The van der Waals surface area contributed by atoms with Crippen LogP contribution in [0.25, 0.3) is 0 Å². The van der Waals surface area contributed by atoms with Gasteiger partial charge in [-0.2, -0.15) is 15.8 Å². The van der Waals surface area contributed by atoms with Crippen LogP contribution < -0.4 is 9.64 Å². The van der Waals surface area contributed by atoms with Gasteiger partial charge in [-0.15, -0.1) is 0 Å². The second-order valence-corrected chi connectivity index (χ2v) is 5.91. The first-order chi connectivity index (χ1) is 13.2. The van der Waals surface area contributed by atoms with E-state index in [1.165, 1.54) is 0 Å². The standard InChI is InChI=1S/C21H16N4O2/c1-15-20(13-24)21(14-26-15)25(10-9-22)17-5-7-18(8-6-17)27-19-4-2-3-16(11-19)12-23/h2-8,11,15H,10,14H2,1H3. The Morgan fingerprint density at radius 3 is 2.52 bits per heavy atom. The van der Waals surface area contributed by atoms with Gasteiger partial charge in [0.15, 0.2) is 0 Å². The first-order valence-electron chi connectivity index (χ1n) is 8.33. The van der Waals surface area contributed by atoms with Gasteiger partial charge in [0.2, 0.25) is 0 Å². The largest absolute Gasteiger partial charge is 0.457 e. The average molecular weight is 356 g/mol. The molecule has 1 aliphatic rings. The lowest BCUT2D eigenvalue weighted by Gasteiger charge is -2.23. The van der Waals surface area contributed by atoms with Crippen molar-refractivity contribution in [1.82, 2.24) is 0 Å². The van der Waals surface area contributed by atoms with E-state index in [0.29, 0.717) is 34.9 Å². The van der Waals surface area contributed by atoms with Crippen LogP contribution in [0.1, 0.15) is 12.5 Å². The van der Waals surface area contributed by atoms with Gasteiger partial charge in [0.25, 0.3) is 0 Å². The molecule has 2 aromatic rings. The topological polar surface area (TPSA) is 93.1 Å². The fourth-order valence-electron chi connectivity index (χ4n) is 2.85. The van der Waals surface area contributed by atoms with E-state index in [9.17, 15) is 10.5 Å². The van der Waals surface area contributed by atoms with Crippen molar-refractivity contribution < 1.29 is 9.47 Å². The maximum absolute atomic E-state index is 9.38. The van der Waals surface area contributed by atoms with Gasteiger partial charge in [0.1, 0.15) is 18.0 Å². The Hall–Kier alpha value is -3.79. The maximum atomic E-state index is 9.38. The number of anilines is 1. The summed E-state index contributed by atoms with van der Waals surface area (Å²) in [6, 6.07) is 20.5. The first-order valence-corrected chi connectivity index (χ1v) is 8.33. The number of nitriles is 3. The zero-order valence-electron chi connectivity index (χ0n) is 14.7. The van der Waals surface area contributed by atoms with Crippen LogP contribution in [0.3, 0.4) is 0 Å². The van der Waals surface area contributed by atoms with E-state index >= 15 is 0 Å². The number of hydrogen-bond acceptors (Lipinski definition) is 6. The van der Waals surface area contributed by atoms with Gasteiger partial charge in [-0.25, -0.2) is 0 Å². The number of hydrogen-bond donors (Lipinski definition) is 0. The van der Waals surface area contributed by atoms with Crippen LogP contribution in [-0.4, -0.2) is 19.3 Å². The Balaban J connectivity index is 1.84. The van der Waals surface area contributed by atoms with Gasteiger partial charge in [-0.3, -0.25) is 0 Å². The van der Waals surface area contributed by atoms with E-state index in [0.717, 1.165) is 5.69 Å². The Morgan fingerprint density at radius 2 is 1.85 bits per heavy atom. The molecule has 0 aliphatic carbocycles. The van der Waals surface area contributed by atoms with Crippen LogP contribution in [0.2, 0.25) is 0 Å². The molecule has 0 fully saturated rings. The molecule has 6 nitrogen and oxygen atoms in total. The van der Waals surface area contributed by atoms with Crippen molar-refractivity contribution in [3.63, 3.8) is 0 Å². The summed E-state index contributed by atoms with van der Waals surface area (Å²) >= 11 is 0. The number of benzene rings is 2. The molecular formula is C21H16N4O2. The quantitative estimate of drug-likeness (QED) is 0.755. The Bertz CT molecular complexity index is 991. The molecule has 0 amide bonds. The Labute approximate surface area is 157 Å². The summed E-state index contributed by atoms with van der Waals surface area (Å²) in [5.41, 5.74) is 2.55. The summed E-state index contributed by atoms with van der Waals surface area (Å²) in [4.78, 5) is 1.78. The summed E-state index contributed by atoms with van der Waals surface area (Å²) in [5, 5.41) is 27.5. The molecular weight excluding hydrogens is 340 g/mol. The molecule has 1 heterocycles. The number of ether oxygens (including phenoxy) is 2. The fraction of sp³-hybridized carbons (Fsp3) is 0.190. The van der Waals surface area contributed by atoms with Gasteiger partial charge in [-0.1, -0.05) is 6.07 Å². The lowest BCUT2D eigenvalue weighted by Crippen LogP contribution is -2.24. The predicted octanol–water partition coefficient (Wildman–Crippen LogP) is 3.88. The van der Waals surface area contributed by atoms with Crippen LogP contribution in [0.15, 0.2) is 59.8 Å². The van der Waals surface area contributed by atoms with Gasteiger partial charge in [0.05, 0.1) is 47.8 Å². The zero-order chi connectivity index (χ0) is 19.2. The highest BCUT2D eigenvalue weighted by molar-refractivity contribution is 5.58. The molecule has 0 bridgehead atoms. The van der Waals surface area contributed by atoms with Gasteiger partial charge < -0.3 is 14.4 Å². The highest BCUT2D eigenvalue weighted by atomic mass is 16.5. The van der Waals surface area contributed by atoms with Crippen LogP contribution in [0.4, 0.5) is 5.69 Å². The van der Waals surface area contributed by atoms with Crippen molar-refractivity contribution in [3.05, 3.63) is 65.4 Å². The minimum absolute atomic E-state index is 0.112. The average Bonchev–Trinajstić information content (AvgIpc) is 3.07. The minimum atomic E-state index is -0.277. The third-order valence-electron chi connectivity index (χ3n) is 4.21. The minimum Gasteiger partial charge on any atom is -0.457 e. The Kier molecular flexibility index (Phi) is 5.38. The molecule has 132 valence electrons. The van der Waals surface area contributed by atoms with Crippen LogP contribution >= 0.6 is 0 Å².